The number of carbonyl (C=O) groups excluding carboxylic acids is 1. The van der Waals surface area contributed by atoms with Gasteiger partial charge in [-0.3, -0.25) is 9.10 Å². The zero-order chi connectivity index (χ0) is 18.6. The Balaban J connectivity index is 2.52. The number of anilines is 1. The van der Waals surface area contributed by atoms with E-state index < -0.39 is 28.4 Å². The lowest BCUT2D eigenvalue weighted by molar-refractivity contribution is -0.138. The zero-order valence-corrected chi connectivity index (χ0v) is 15.0. The highest BCUT2D eigenvalue weighted by Gasteiger charge is 2.28. The van der Waals surface area contributed by atoms with Crippen LogP contribution in [0.5, 0.6) is 5.75 Å². The van der Waals surface area contributed by atoms with Gasteiger partial charge in [0, 0.05) is 0 Å². The van der Waals surface area contributed by atoms with Crippen molar-refractivity contribution < 1.29 is 27.1 Å². The van der Waals surface area contributed by atoms with Gasteiger partial charge in [-0.25, -0.2) is 12.8 Å². The van der Waals surface area contributed by atoms with Crippen LogP contribution in [0.4, 0.5) is 10.1 Å². The maximum Gasteiger partial charge on any atom is 0.326 e. The van der Waals surface area contributed by atoms with Crippen molar-refractivity contribution in [1.82, 2.24) is 0 Å². The smallest absolute Gasteiger partial charge is 0.326 e. The van der Waals surface area contributed by atoms with Crippen LogP contribution in [0, 0.1) is 5.82 Å². The molecule has 134 valence electrons. The number of esters is 1. The molecule has 0 aliphatic rings. The molecule has 2 rings (SSSR count). The lowest BCUT2D eigenvalue weighted by atomic mass is 10.3. The first-order valence-electron chi connectivity index (χ1n) is 6.98. The predicted molar refractivity (Wildman–Crippen MR) is 91.0 cm³/mol. The van der Waals surface area contributed by atoms with Gasteiger partial charge in [0.25, 0.3) is 10.0 Å². The van der Waals surface area contributed by atoms with Crippen LogP contribution < -0.4 is 9.04 Å². The van der Waals surface area contributed by atoms with Crippen molar-refractivity contribution >= 4 is 33.3 Å². The third-order valence-electron chi connectivity index (χ3n) is 3.33. The molecule has 0 saturated carbocycles. The molecule has 0 heterocycles. The average molecular weight is 388 g/mol. The standard InChI is InChI=1S/C16H15ClFNO5S/c1-23-15-8-7-13(9-14(15)17)25(21,22)19(10-16(20)24-2)12-5-3-11(18)4-6-12/h3-9H,10H2,1-2H3. The van der Waals surface area contributed by atoms with Crippen LogP contribution in [-0.2, 0) is 19.6 Å². The zero-order valence-electron chi connectivity index (χ0n) is 13.4. The Morgan fingerprint density at radius 1 is 1.16 bits per heavy atom. The first-order valence-corrected chi connectivity index (χ1v) is 8.80. The number of sulfonamides is 1. The lowest BCUT2D eigenvalue weighted by Gasteiger charge is -2.23. The van der Waals surface area contributed by atoms with E-state index in [0.717, 1.165) is 23.5 Å². The van der Waals surface area contributed by atoms with Crippen LogP contribution >= 0.6 is 11.6 Å². The first kappa shape index (κ1) is 19.0. The second-order valence-electron chi connectivity index (χ2n) is 4.86. The molecule has 0 saturated heterocycles. The van der Waals surface area contributed by atoms with Gasteiger partial charge in [0.05, 0.1) is 29.8 Å². The fourth-order valence-electron chi connectivity index (χ4n) is 2.04. The number of carbonyl (C=O) groups is 1. The van der Waals surface area contributed by atoms with Crippen LogP contribution in [0.1, 0.15) is 0 Å². The van der Waals surface area contributed by atoms with Crippen molar-refractivity contribution in [2.75, 3.05) is 25.1 Å². The molecule has 0 aliphatic heterocycles. The minimum absolute atomic E-state index is 0.0979. The van der Waals surface area contributed by atoms with Crippen molar-refractivity contribution in [1.29, 1.82) is 0 Å². The van der Waals surface area contributed by atoms with E-state index in [-0.39, 0.29) is 15.6 Å². The Morgan fingerprint density at radius 3 is 2.32 bits per heavy atom. The van der Waals surface area contributed by atoms with E-state index in [1.165, 1.54) is 37.4 Å². The highest BCUT2D eigenvalue weighted by Crippen LogP contribution is 2.30. The van der Waals surface area contributed by atoms with E-state index in [1.54, 1.807) is 0 Å². The first-order chi connectivity index (χ1) is 11.8. The van der Waals surface area contributed by atoms with Crippen LogP contribution in [0.3, 0.4) is 0 Å². The molecular formula is C16H15ClFNO5S. The maximum absolute atomic E-state index is 13.1. The van der Waals surface area contributed by atoms with Gasteiger partial charge >= 0.3 is 5.97 Å². The monoisotopic (exact) mass is 387 g/mol. The summed E-state index contributed by atoms with van der Waals surface area (Å²) in [5.41, 5.74) is 0.110. The number of rotatable bonds is 6. The highest BCUT2D eigenvalue weighted by molar-refractivity contribution is 7.92. The highest BCUT2D eigenvalue weighted by atomic mass is 35.5. The SMILES string of the molecule is COC(=O)CN(c1ccc(F)cc1)S(=O)(=O)c1ccc(OC)c(Cl)c1. The predicted octanol–water partition coefficient (Wildman–Crippen LogP) is 2.86. The molecule has 6 nitrogen and oxygen atoms in total. The minimum Gasteiger partial charge on any atom is -0.495 e. The molecule has 0 spiro atoms. The quantitative estimate of drug-likeness (QED) is 0.712. The van der Waals surface area contributed by atoms with E-state index in [0.29, 0.717) is 5.75 Å². The van der Waals surface area contributed by atoms with Crippen molar-refractivity contribution in [2.24, 2.45) is 0 Å². The number of methoxy groups -OCH3 is 2. The Hall–Kier alpha value is -2.32. The van der Waals surface area contributed by atoms with Gasteiger partial charge in [-0.2, -0.15) is 0 Å². The molecule has 0 aliphatic carbocycles. The summed E-state index contributed by atoms with van der Waals surface area (Å²) in [6.45, 7) is -0.575. The third kappa shape index (κ3) is 4.21. The molecule has 9 heteroatoms. The average Bonchev–Trinajstić information content (AvgIpc) is 2.60. The molecule has 0 amide bonds. The second kappa shape index (κ2) is 7.71. The molecular weight excluding hydrogens is 373 g/mol. The molecule has 0 atom stereocenters. The van der Waals surface area contributed by atoms with Crippen molar-refractivity contribution in [3.8, 4) is 5.75 Å². The van der Waals surface area contributed by atoms with Crippen LogP contribution in [0.2, 0.25) is 5.02 Å². The number of hydrogen-bond donors (Lipinski definition) is 0. The van der Waals surface area contributed by atoms with Gasteiger partial charge in [0.15, 0.2) is 0 Å². The number of nitrogens with zero attached hydrogens (tertiary/aromatic N) is 1. The van der Waals surface area contributed by atoms with Gasteiger partial charge in [0.2, 0.25) is 0 Å². The fraction of sp³-hybridized carbons (Fsp3) is 0.188. The normalized spacial score (nSPS) is 11.0. The van der Waals surface area contributed by atoms with Crippen LogP contribution in [-0.4, -0.2) is 35.2 Å². The van der Waals surface area contributed by atoms with Crippen molar-refractivity contribution in [2.45, 2.75) is 4.90 Å². The second-order valence-corrected chi connectivity index (χ2v) is 7.13. The van der Waals surface area contributed by atoms with E-state index in [9.17, 15) is 17.6 Å². The van der Waals surface area contributed by atoms with E-state index >= 15 is 0 Å². The third-order valence-corrected chi connectivity index (χ3v) is 5.39. The molecule has 0 aromatic heterocycles. The van der Waals surface area contributed by atoms with Gasteiger partial charge in [-0.05, 0) is 42.5 Å². The molecule has 0 radical (unpaired) electrons. The summed E-state index contributed by atoms with van der Waals surface area (Å²) < 4.78 is 49.4. The van der Waals surface area contributed by atoms with Crippen molar-refractivity contribution in [3.63, 3.8) is 0 Å². The fourth-order valence-corrected chi connectivity index (χ4v) is 3.80. The summed E-state index contributed by atoms with van der Waals surface area (Å²) >= 11 is 5.99. The minimum atomic E-state index is -4.15. The lowest BCUT2D eigenvalue weighted by Crippen LogP contribution is -2.36. The molecule has 2 aromatic carbocycles. The van der Waals surface area contributed by atoms with Crippen molar-refractivity contribution in [3.05, 3.63) is 53.3 Å². The maximum atomic E-state index is 13.1. The van der Waals surface area contributed by atoms with Gasteiger partial charge in [-0.15, -0.1) is 0 Å². The summed E-state index contributed by atoms with van der Waals surface area (Å²) in [7, 11) is -1.61. The summed E-state index contributed by atoms with van der Waals surface area (Å²) in [6.07, 6.45) is 0. The molecule has 0 N–H and O–H groups in total. The number of halogens is 2. The topological polar surface area (TPSA) is 72.9 Å². The van der Waals surface area contributed by atoms with Gasteiger partial charge in [-0.1, -0.05) is 11.6 Å². The number of ether oxygens (including phenoxy) is 2. The van der Waals surface area contributed by atoms with E-state index in [4.69, 9.17) is 16.3 Å². The summed E-state index contributed by atoms with van der Waals surface area (Å²) in [5, 5.41) is 0.0979. The molecule has 25 heavy (non-hydrogen) atoms. The summed E-state index contributed by atoms with van der Waals surface area (Å²) in [4.78, 5) is 11.5. The van der Waals surface area contributed by atoms with Gasteiger partial charge < -0.3 is 9.47 Å². The summed E-state index contributed by atoms with van der Waals surface area (Å²) in [6, 6.07) is 8.60. The largest absolute Gasteiger partial charge is 0.495 e. The molecule has 0 unspecified atom stereocenters. The number of hydrogen-bond acceptors (Lipinski definition) is 5. The Bertz CT molecular complexity index is 871. The van der Waals surface area contributed by atoms with Crippen LogP contribution in [0.15, 0.2) is 47.4 Å². The molecule has 2 aromatic rings. The number of benzene rings is 2. The Morgan fingerprint density at radius 2 is 1.80 bits per heavy atom. The van der Waals surface area contributed by atoms with E-state index in [1.807, 2.05) is 0 Å². The van der Waals surface area contributed by atoms with Crippen LogP contribution in [0.25, 0.3) is 0 Å². The Labute approximate surface area is 149 Å². The van der Waals surface area contributed by atoms with Gasteiger partial charge in [0.1, 0.15) is 18.1 Å². The molecule has 0 bridgehead atoms. The van der Waals surface area contributed by atoms with E-state index in [2.05, 4.69) is 4.74 Å². The molecule has 0 fully saturated rings. The summed E-state index contributed by atoms with van der Waals surface area (Å²) in [5.74, 6) is -0.999. The Kier molecular flexibility index (Phi) is 5.86.